The molecule has 0 aromatic carbocycles. The number of carbonyl (C=O) groups excluding carboxylic acids is 1. The maximum absolute atomic E-state index is 11.4. The fraction of sp³-hybridized carbons (Fsp3) is 0.778. The van der Waals surface area contributed by atoms with Gasteiger partial charge in [-0.1, -0.05) is 0 Å². The van der Waals surface area contributed by atoms with Crippen molar-refractivity contribution in [2.75, 3.05) is 12.0 Å². The van der Waals surface area contributed by atoms with Crippen molar-refractivity contribution in [2.24, 2.45) is 5.73 Å². The molecule has 0 aliphatic rings. The number of rotatable bonds is 7. The first-order valence-corrected chi connectivity index (χ1v) is 7.13. The lowest BCUT2D eigenvalue weighted by Crippen LogP contribution is -2.45. The van der Waals surface area contributed by atoms with Crippen LogP contribution in [0, 0.1) is 0 Å². The number of aliphatic carboxylic acids is 1. The minimum absolute atomic E-state index is 0.0183. The van der Waals surface area contributed by atoms with Crippen molar-refractivity contribution >= 4 is 21.7 Å². The van der Waals surface area contributed by atoms with E-state index in [2.05, 4.69) is 5.32 Å². The third-order valence-corrected chi connectivity index (χ3v) is 2.98. The highest BCUT2D eigenvalue weighted by molar-refractivity contribution is 7.90. The Bertz CT molecular complexity index is 379. The quantitative estimate of drug-likeness (QED) is 0.527. The molecule has 0 rings (SSSR count). The lowest BCUT2D eigenvalue weighted by Gasteiger charge is -2.15. The van der Waals surface area contributed by atoms with E-state index in [4.69, 9.17) is 10.8 Å². The van der Waals surface area contributed by atoms with Gasteiger partial charge in [0, 0.05) is 12.3 Å². The Labute approximate surface area is 100 Å². The van der Waals surface area contributed by atoms with Crippen LogP contribution in [-0.2, 0) is 19.4 Å². The summed E-state index contributed by atoms with van der Waals surface area (Å²) in [6, 6.07) is -1.48. The number of hydrogen-bond acceptors (Lipinski definition) is 5. The van der Waals surface area contributed by atoms with Crippen molar-refractivity contribution in [1.29, 1.82) is 0 Å². The van der Waals surface area contributed by atoms with Gasteiger partial charge in [-0.25, -0.2) is 8.42 Å². The maximum atomic E-state index is 11.4. The van der Waals surface area contributed by atoms with Crippen molar-refractivity contribution in [1.82, 2.24) is 5.32 Å². The van der Waals surface area contributed by atoms with E-state index in [0.717, 1.165) is 6.26 Å². The molecule has 1 amide bonds. The van der Waals surface area contributed by atoms with Gasteiger partial charge in [0.15, 0.2) is 0 Å². The summed E-state index contributed by atoms with van der Waals surface area (Å²) < 4.78 is 21.7. The number of carboxylic acids is 1. The number of carbonyl (C=O) groups is 2. The maximum Gasteiger partial charge on any atom is 0.305 e. The molecule has 0 fully saturated rings. The fourth-order valence-corrected chi connectivity index (χ4v) is 1.82. The van der Waals surface area contributed by atoms with E-state index in [-0.39, 0.29) is 18.6 Å². The van der Waals surface area contributed by atoms with Crippen molar-refractivity contribution in [3.63, 3.8) is 0 Å². The largest absolute Gasteiger partial charge is 0.481 e. The first kappa shape index (κ1) is 15.9. The lowest BCUT2D eigenvalue weighted by atomic mass is 10.2. The Morgan fingerprint density at radius 2 is 1.94 bits per heavy atom. The van der Waals surface area contributed by atoms with Crippen LogP contribution in [0.25, 0.3) is 0 Å². The highest BCUT2D eigenvalue weighted by Crippen LogP contribution is 1.96. The number of carboxylic acid groups (broad SMARTS) is 1. The fourth-order valence-electron chi connectivity index (χ4n) is 1.13. The van der Waals surface area contributed by atoms with Crippen molar-refractivity contribution < 1.29 is 23.1 Å². The molecule has 7 nitrogen and oxygen atoms in total. The minimum atomic E-state index is -3.15. The van der Waals surface area contributed by atoms with E-state index < -0.39 is 33.8 Å². The van der Waals surface area contributed by atoms with Crippen LogP contribution in [0.3, 0.4) is 0 Å². The normalized spacial score (nSPS) is 15.0. The molecular weight excluding hydrogens is 248 g/mol. The SMILES string of the molecule is CC(CC(=O)O)NC(=O)C(N)CCS(C)(=O)=O. The number of sulfone groups is 1. The van der Waals surface area contributed by atoms with Gasteiger partial charge in [-0.15, -0.1) is 0 Å². The second kappa shape index (κ2) is 6.55. The molecule has 0 bridgehead atoms. The van der Waals surface area contributed by atoms with Gasteiger partial charge in [0.25, 0.3) is 0 Å². The van der Waals surface area contributed by atoms with Crippen LogP contribution in [0.1, 0.15) is 19.8 Å². The van der Waals surface area contributed by atoms with Crippen molar-refractivity contribution in [2.45, 2.75) is 31.8 Å². The Balaban J connectivity index is 4.10. The Morgan fingerprint density at radius 3 is 2.35 bits per heavy atom. The highest BCUT2D eigenvalue weighted by atomic mass is 32.2. The van der Waals surface area contributed by atoms with Crippen LogP contribution in [0.5, 0.6) is 0 Å². The third kappa shape index (κ3) is 8.64. The van der Waals surface area contributed by atoms with E-state index in [1.807, 2.05) is 0 Å². The summed E-state index contributed by atoms with van der Waals surface area (Å²) >= 11 is 0. The zero-order valence-corrected chi connectivity index (χ0v) is 10.7. The summed E-state index contributed by atoms with van der Waals surface area (Å²) in [5, 5.41) is 10.9. The molecule has 0 aromatic rings. The molecule has 2 unspecified atom stereocenters. The zero-order valence-electron chi connectivity index (χ0n) is 9.84. The molecule has 0 aromatic heterocycles. The van der Waals surface area contributed by atoms with Gasteiger partial charge in [0.05, 0.1) is 18.2 Å². The first-order chi connectivity index (χ1) is 7.61. The average Bonchev–Trinajstić information content (AvgIpc) is 2.11. The highest BCUT2D eigenvalue weighted by Gasteiger charge is 2.18. The van der Waals surface area contributed by atoms with E-state index in [1.165, 1.54) is 6.92 Å². The van der Waals surface area contributed by atoms with Gasteiger partial charge in [-0.05, 0) is 13.3 Å². The third-order valence-electron chi connectivity index (χ3n) is 2.01. The topological polar surface area (TPSA) is 127 Å². The molecule has 100 valence electrons. The predicted molar refractivity (Wildman–Crippen MR) is 62.2 cm³/mol. The van der Waals surface area contributed by atoms with Crippen LogP contribution in [-0.4, -0.2) is 49.5 Å². The van der Waals surface area contributed by atoms with Crippen LogP contribution < -0.4 is 11.1 Å². The molecule has 0 aliphatic carbocycles. The molecular formula is C9H18N2O5S. The standard InChI is InChI=1S/C9H18N2O5S/c1-6(5-8(12)13)11-9(14)7(10)3-4-17(2,15)16/h6-7H,3-5,10H2,1-2H3,(H,11,14)(H,12,13). The van der Waals surface area contributed by atoms with Gasteiger partial charge in [0.1, 0.15) is 9.84 Å². The van der Waals surface area contributed by atoms with Gasteiger partial charge < -0.3 is 16.2 Å². The molecule has 0 radical (unpaired) electrons. The van der Waals surface area contributed by atoms with Crippen LogP contribution in [0.4, 0.5) is 0 Å². The van der Waals surface area contributed by atoms with Gasteiger partial charge in [0.2, 0.25) is 5.91 Å². The Morgan fingerprint density at radius 1 is 1.41 bits per heavy atom. The molecule has 0 aliphatic heterocycles. The van der Waals surface area contributed by atoms with Crippen LogP contribution in [0.15, 0.2) is 0 Å². The van der Waals surface area contributed by atoms with Crippen molar-refractivity contribution in [3.8, 4) is 0 Å². The average molecular weight is 266 g/mol. The van der Waals surface area contributed by atoms with Gasteiger partial charge in [-0.3, -0.25) is 9.59 Å². The molecule has 4 N–H and O–H groups in total. The molecule has 0 saturated carbocycles. The lowest BCUT2D eigenvalue weighted by molar-refractivity contribution is -0.137. The molecule has 17 heavy (non-hydrogen) atoms. The number of amides is 1. The Kier molecular flexibility index (Phi) is 6.11. The summed E-state index contributed by atoms with van der Waals surface area (Å²) in [6.07, 6.45) is 0.875. The van der Waals surface area contributed by atoms with E-state index in [9.17, 15) is 18.0 Å². The van der Waals surface area contributed by atoms with Gasteiger partial charge in [-0.2, -0.15) is 0 Å². The van der Waals surface area contributed by atoms with Crippen molar-refractivity contribution in [3.05, 3.63) is 0 Å². The first-order valence-electron chi connectivity index (χ1n) is 5.07. The van der Waals surface area contributed by atoms with E-state index in [1.54, 1.807) is 0 Å². The minimum Gasteiger partial charge on any atom is -0.481 e. The molecule has 2 atom stereocenters. The Hall–Kier alpha value is -1.15. The van der Waals surface area contributed by atoms with Crippen LogP contribution >= 0.6 is 0 Å². The summed E-state index contributed by atoms with van der Waals surface area (Å²) in [6.45, 7) is 1.54. The smallest absolute Gasteiger partial charge is 0.305 e. The van der Waals surface area contributed by atoms with Crippen LogP contribution in [0.2, 0.25) is 0 Å². The summed E-state index contributed by atoms with van der Waals surface area (Å²) in [4.78, 5) is 21.8. The van der Waals surface area contributed by atoms with E-state index >= 15 is 0 Å². The molecule has 0 heterocycles. The summed E-state index contributed by atoms with van der Waals surface area (Å²) in [5.41, 5.74) is 5.48. The number of hydrogen-bond donors (Lipinski definition) is 3. The monoisotopic (exact) mass is 266 g/mol. The number of nitrogens with one attached hydrogen (secondary N) is 1. The van der Waals surface area contributed by atoms with E-state index in [0.29, 0.717) is 0 Å². The summed E-state index contributed by atoms with van der Waals surface area (Å²) in [7, 11) is -3.15. The number of nitrogens with two attached hydrogens (primary N) is 1. The second-order valence-electron chi connectivity index (χ2n) is 4.03. The van der Waals surface area contributed by atoms with Gasteiger partial charge >= 0.3 is 5.97 Å². The zero-order chi connectivity index (χ0) is 13.6. The molecule has 0 saturated heterocycles. The molecule has 8 heteroatoms. The molecule has 0 spiro atoms. The predicted octanol–water partition coefficient (Wildman–Crippen LogP) is -1.27. The second-order valence-corrected chi connectivity index (χ2v) is 6.29. The summed E-state index contributed by atoms with van der Waals surface area (Å²) in [5.74, 6) is -1.74.